The van der Waals surface area contributed by atoms with E-state index in [-0.39, 0.29) is 14.2 Å². The first-order valence-corrected chi connectivity index (χ1v) is 15.7. The molecular formula is C28H26N4O11S3. The lowest BCUT2D eigenvalue weighted by Gasteiger charge is -2.21. The lowest BCUT2D eigenvalue weighted by atomic mass is 10.1. The van der Waals surface area contributed by atoms with Gasteiger partial charge in [0.15, 0.2) is 5.75 Å². The SMILES string of the molecule is CC/C(C=C1Oc2ccccc2N1C)=C/C(=O)N(CC(=O)O)/C(SC)=c1\s/c(=C2/OC(=S)N(CC(=O)O)C2=O)n(CC(=O)O)c1=O. The Morgan fingerprint density at radius 1 is 1.04 bits per heavy atom. The highest BCUT2D eigenvalue weighted by atomic mass is 32.2. The highest BCUT2D eigenvalue weighted by Gasteiger charge is 2.37. The van der Waals surface area contributed by atoms with Crippen molar-refractivity contribution in [3.63, 3.8) is 0 Å². The lowest BCUT2D eigenvalue weighted by molar-refractivity contribution is -0.140. The summed E-state index contributed by atoms with van der Waals surface area (Å²) in [6.07, 6.45) is 4.66. The van der Waals surface area contributed by atoms with Crippen LogP contribution in [0.4, 0.5) is 5.69 Å². The summed E-state index contributed by atoms with van der Waals surface area (Å²) >= 11 is 6.38. The maximum absolute atomic E-state index is 13.7. The molecular weight excluding hydrogens is 665 g/mol. The minimum absolute atomic E-state index is 0.134. The summed E-state index contributed by atoms with van der Waals surface area (Å²) in [7, 11) is 1.78. The molecule has 1 saturated heterocycles. The number of carbonyl (C=O) groups excluding carboxylic acids is 2. The van der Waals surface area contributed by atoms with E-state index in [1.165, 1.54) is 12.3 Å². The average Bonchev–Trinajstić information content (AvgIpc) is 3.58. The number of carboxylic acid groups (broad SMARTS) is 3. The predicted octanol–water partition coefficient (Wildman–Crippen LogP) is 0.379. The lowest BCUT2D eigenvalue weighted by Crippen LogP contribution is -2.40. The summed E-state index contributed by atoms with van der Waals surface area (Å²) in [6.45, 7) is -0.868. The molecule has 2 amide bonds. The fourth-order valence-electron chi connectivity index (χ4n) is 4.39. The summed E-state index contributed by atoms with van der Waals surface area (Å²) in [5, 5.41) is 27.7. The highest BCUT2D eigenvalue weighted by Crippen LogP contribution is 2.37. The van der Waals surface area contributed by atoms with E-state index < -0.39 is 65.8 Å². The van der Waals surface area contributed by atoms with Crippen molar-refractivity contribution in [1.29, 1.82) is 0 Å². The van der Waals surface area contributed by atoms with Crippen LogP contribution in [0.25, 0.3) is 10.8 Å². The van der Waals surface area contributed by atoms with Crippen LogP contribution < -0.4 is 24.4 Å². The Morgan fingerprint density at radius 2 is 1.72 bits per heavy atom. The van der Waals surface area contributed by atoms with Gasteiger partial charge in [-0.2, -0.15) is 0 Å². The third-order valence-electron chi connectivity index (χ3n) is 6.50. The van der Waals surface area contributed by atoms with Gasteiger partial charge in [-0.15, -0.1) is 23.1 Å². The number of aliphatic carboxylic acids is 3. The number of benzene rings is 1. The van der Waals surface area contributed by atoms with Crippen LogP contribution in [-0.2, 0) is 35.3 Å². The predicted molar refractivity (Wildman–Crippen MR) is 170 cm³/mol. The zero-order chi connectivity index (χ0) is 33.9. The number of allylic oxidation sites excluding steroid dienone is 2. The van der Waals surface area contributed by atoms with Gasteiger partial charge in [-0.1, -0.05) is 19.1 Å². The molecule has 15 nitrogen and oxygen atoms in total. The van der Waals surface area contributed by atoms with E-state index in [0.29, 0.717) is 44.4 Å². The first kappa shape index (κ1) is 33.9. The second-order valence-electron chi connectivity index (χ2n) is 9.52. The molecule has 3 N–H and O–H groups in total. The number of para-hydroxylation sites is 2. The number of thioether (sulfide) groups is 1. The molecule has 0 aliphatic carbocycles. The van der Waals surface area contributed by atoms with Gasteiger partial charge >= 0.3 is 23.8 Å². The number of hydrogen-bond donors (Lipinski definition) is 3. The van der Waals surface area contributed by atoms with Crippen LogP contribution in [0, 0.1) is 0 Å². The first-order chi connectivity index (χ1) is 21.8. The topological polar surface area (TPSA) is 196 Å². The quantitative estimate of drug-likeness (QED) is 0.216. The second-order valence-corrected chi connectivity index (χ2v) is 11.7. The third kappa shape index (κ3) is 6.98. The molecule has 1 aromatic carbocycles. The number of fused-ring (bicyclic) bond motifs is 1. The van der Waals surface area contributed by atoms with E-state index in [1.807, 2.05) is 18.2 Å². The molecule has 3 heterocycles. The molecule has 2 aromatic rings. The molecule has 1 aromatic heterocycles. The van der Waals surface area contributed by atoms with Gasteiger partial charge in [0.05, 0.1) is 5.69 Å². The molecule has 4 rings (SSSR count). The molecule has 0 spiro atoms. The van der Waals surface area contributed by atoms with Gasteiger partial charge in [-0.3, -0.25) is 43.1 Å². The summed E-state index contributed by atoms with van der Waals surface area (Å²) in [5.41, 5.74) is 0.321. The van der Waals surface area contributed by atoms with Gasteiger partial charge in [0.1, 0.15) is 33.9 Å². The zero-order valence-corrected chi connectivity index (χ0v) is 26.9. The fourth-order valence-corrected chi connectivity index (χ4v) is 6.71. The Labute approximate surface area is 273 Å². The zero-order valence-electron chi connectivity index (χ0n) is 24.4. The number of thiocarbonyl (C=S) groups is 1. The van der Waals surface area contributed by atoms with E-state index in [4.69, 9.17) is 26.8 Å². The molecule has 0 saturated carbocycles. The average molecular weight is 691 g/mol. The molecule has 0 radical (unpaired) electrons. The van der Waals surface area contributed by atoms with Crippen LogP contribution in [0.1, 0.15) is 13.3 Å². The number of ether oxygens (including phenoxy) is 2. The minimum Gasteiger partial charge on any atom is -0.480 e. The molecule has 0 atom stereocenters. The number of thiazole rings is 1. The van der Waals surface area contributed by atoms with Crippen LogP contribution in [-0.4, -0.2) is 91.0 Å². The fraction of sp³-hybridized carbons (Fsp3) is 0.250. The Bertz CT molecular complexity index is 1910. The standard InChI is InChI=1S/C28H26N4O11S3/c1-4-14(10-18-29(2)15-7-5-6-8-16(15)42-18)9-17(33)30(11-19(34)35)27(45-3)23-25(41)31(12-20(36)37)26(46-23)22-24(40)32(13-21(38)39)28(44)43-22/h5-10H,4,11-13H2,1-3H3,(H,34,35)(H,36,37)(H,38,39)/b14-9-,18-10?,26-22+,27-23+. The monoisotopic (exact) mass is 690 g/mol. The van der Waals surface area contributed by atoms with E-state index in [9.17, 15) is 39.0 Å². The van der Waals surface area contributed by atoms with Gasteiger partial charge in [-0.25, -0.2) is 0 Å². The number of carbonyl (C=O) groups is 5. The number of aromatic nitrogens is 1. The Balaban J connectivity index is 1.87. The van der Waals surface area contributed by atoms with Crippen LogP contribution >= 0.6 is 35.3 Å². The summed E-state index contributed by atoms with van der Waals surface area (Å²) < 4.78 is 11.3. The van der Waals surface area contributed by atoms with Gasteiger partial charge in [0.2, 0.25) is 11.6 Å². The second kappa shape index (κ2) is 14.0. The van der Waals surface area contributed by atoms with Gasteiger partial charge in [0.25, 0.3) is 16.6 Å². The molecule has 18 heteroatoms. The smallest absolute Gasteiger partial charge is 0.323 e. The summed E-state index contributed by atoms with van der Waals surface area (Å²) in [6, 6.07) is 7.30. The van der Waals surface area contributed by atoms with Crippen molar-refractivity contribution in [3.05, 3.63) is 67.4 Å². The van der Waals surface area contributed by atoms with Crippen LogP contribution in [0.15, 0.2) is 52.7 Å². The number of rotatable bonds is 11. The van der Waals surface area contributed by atoms with Crippen LogP contribution in [0.2, 0.25) is 0 Å². The first-order valence-electron chi connectivity index (χ1n) is 13.2. The van der Waals surface area contributed by atoms with E-state index >= 15 is 0 Å². The molecule has 1 fully saturated rings. The van der Waals surface area contributed by atoms with Crippen molar-refractivity contribution in [3.8, 4) is 5.75 Å². The molecule has 46 heavy (non-hydrogen) atoms. The number of anilines is 1. The van der Waals surface area contributed by atoms with E-state index in [1.54, 1.807) is 31.0 Å². The van der Waals surface area contributed by atoms with Crippen LogP contribution in [0.3, 0.4) is 0 Å². The number of hydrogen-bond acceptors (Lipinski definition) is 12. The third-order valence-corrected chi connectivity index (χ3v) is 8.92. The Kier molecular flexibility index (Phi) is 10.3. The minimum atomic E-state index is -1.46. The van der Waals surface area contributed by atoms with Crippen molar-refractivity contribution in [2.75, 3.05) is 31.3 Å². The van der Waals surface area contributed by atoms with Crippen LogP contribution in [0.5, 0.6) is 5.75 Å². The van der Waals surface area contributed by atoms with Gasteiger partial charge in [0, 0.05) is 19.2 Å². The van der Waals surface area contributed by atoms with Gasteiger partial charge in [-0.05, 0) is 42.6 Å². The van der Waals surface area contributed by atoms with Crippen molar-refractivity contribution < 1.29 is 48.8 Å². The van der Waals surface area contributed by atoms with Gasteiger partial charge < -0.3 is 29.7 Å². The van der Waals surface area contributed by atoms with Crippen molar-refractivity contribution in [2.45, 2.75) is 19.9 Å². The van der Waals surface area contributed by atoms with Crippen molar-refractivity contribution in [1.82, 2.24) is 14.4 Å². The maximum Gasteiger partial charge on any atom is 0.323 e. The molecule has 0 bridgehead atoms. The largest absolute Gasteiger partial charge is 0.480 e. The Morgan fingerprint density at radius 3 is 2.30 bits per heavy atom. The van der Waals surface area contributed by atoms with Crippen molar-refractivity contribution in [2.24, 2.45) is 0 Å². The highest BCUT2D eigenvalue weighted by molar-refractivity contribution is 8.07. The number of nitrogens with zero attached hydrogens (tertiary/aromatic N) is 4. The summed E-state index contributed by atoms with van der Waals surface area (Å²) in [5.74, 6) is -5.63. The normalized spacial score (nSPS) is 17.1. The van der Waals surface area contributed by atoms with Crippen molar-refractivity contribution >= 4 is 86.7 Å². The van der Waals surface area contributed by atoms with E-state index in [0.717, 1.165) is 22.3 Å². The molecule has 2 aliphatic heterocycles. The number of amides is 2. The molecule has 242 valence electrons. The number of carboxylic acids is 3. The molecule has 0 unspecified atom stereocenters. The summed E-state index contributed by atoms with van der Waals surface area (Å²) in [4.78, 5) is 78.4. The van der Waals surface area contributed by atoms with E-state index in [2.05, 4.69) is 0 Å². The maximum atomic E-state index is 13.7. The Hall–Kier alpha value is -4.94. The molecule has 2 aliphatic rings.